The summed E-state index contributed by atoms with van der Waals surface area (Å²) in [6, 6.07) is 0.145. The molecule has 0 unspecified atom stereocenters. The summed E-state index contributed by atoms with van der Waals surface area (Å²) in [4.78, 5) is 5.02. The van der Waals surface area contributed by atoms with Crippen LogP contribution in [-0.2, 0) is 9.94 Å². The van der Waals surface area contributed by atoms with Gasteiger partial charge >= 0.3 is 106 Å². The van der Waals surface area contributed by atoms with Gasteiger partial charge in [0.1, 0.15) is 0 Å². The van der Waals surface area contributed by atoms with Crippen LogP contribution < -0.4 is 0 Å². The zero-order valence-corrected chi connectivity index (χ0v) is 12.3. The first-order valence-corrected chi connectivity index (χ1v) is 6.31. The molecule has 0 N–H and O–H groups in total. The van der Waals surface area contributed by atoms with E-state index in [1.165, 1.54) is 5.06 Å². The van der Waals surface area contributed by atoms with Crippen molar-refractivity contribution in [2.45, 2.75) is 57.7 Å². The molecular weight excluding hydrogens is 271 g/mol. The van der Waals surface area contributed by atoms with Crippen LogP contribution in [0.3, 0.4) is 0 Å². The van der Waals surface area contributed by atoms with Crippen LogP contribution in [0.2, 0.25) is 0 Å². The van der Waals surface area contributed by atoms with Crippen LogP contribution in [0.4, 0.5) is 0 Å². The summed E-state index contributed by atoms with van der Waals surface area (Å²) in [5, 5.41) is 13.3. The van der Waals surface area contributed by atoms with Gasteiger partial charge in [-0.1, -0.05) is 0 Å². The van der Waals surface area contributed by atoms with Gasteiger partial charge in [-0.3, -0.25) is 0 Å². The molecule has 4 nitrogen and oxygen atoms in total. The van der Waals surface area contributed by atoms with Crippen molar-refractivity contribution in [3.8, 4) is 0 Å². The second-order valence-electron chi connectivity index (χ2n) is 5.58. The number of hydroxylamine groups is 2. The zero-order valence-electron chi connectivity index (χ0n) is 10.6. The van der Waals surface area contributed by atoms with E-state index in [2.05, 4.69) is 21.0 Å². The fraction of sp³-hybridized carbons (Fsp3) is 0.909. The van der Waals surface area contributed by atoms with E-state index in [4.69, 9.17) is 4.74 Å². The Balaban J connectivity index is 2.87. The van der Waals surface area contributed by atoms with E-state index in [1.807, 2.05) is 27.7 Å². The molecule has 0 atom stereocenters. The minimum atomic E-state index is -0.371. The predicted octanol–water partition coefficient (Wildman–Crippen LogP) is 1.52. The molecule has 2 radical (unpaired) electrons. The average molecular weight is 291 g/mol. The molecule has 0 aromatic heterocycles. The van der Waals surface area contributed by atoms with Crippen molar-refractivity contribution in [2.75, 3.05) is 7.11 Å². The quantitative estimate of drug-likeness (QED) is 0.418. The predicted molar refractivity (Wildman–Crippen MR) is 63.9 cm³/mol. The van der Waals surface area contributed by atoms with E-state index < -0.39 is 0 Å². The summed E-state index contributed by atoms with van der Waals surface area (Å²) < 4.78 is 5.02. The van der Waals surface area contributed by atoms with Crippen LogP contribution >= 0.6 is 0 Å². The molecule has 0 saturated carbocycles. The molecule has 1 heterocycles. The molecule has 16 heavy (non-hydrogen) atoms. The Labute approximate surface area is 106 Å². The fourth-order valence-corrected chi connectivity index (χ4v) is 2.82. The Kier molecular flexibility index (Phi) is 4.06. The minimum absolute atomic E-state index is 0.145. The molecule has 1 aliphatic rings. The fourth-order valence-electron chi connectivity index (χ4n) is 2.50. The summed E-state index contributed by atoms with van der Waals surface area (Å²) in [7, 11) is 1.59. The number of aliphatic imine (C=N–C) groups is 1. The van der Waals surface area contributed by atoms with E-state index >= 15 is 0 Å². The molecule has 5 heteroatoms. The first-order valence-electron chi connectivity index (χ1n) is 5.45. The normalized spacial score (nSPS) is 26.8. The first-order chi connectivity index (χ1) is 7.19. The number of ether oxygens (including phenoxy) is 1. The van der Waals surface area contributed by atoms with Crippen LogP contribution in [-0.4, -0.2) is 50.1 Å². The Hall–Kier alpha value is -0.0905. The van der Waals surface area contributed by atoms with Gasteiger partial charge in [0.05, 0.1) is 0 Å². The number of hydrogen-bond acceptors (Lipinski definition) is 3. The number of methoxy groups -OCH3 is 1. The van der Waals surface area contributed by atoms with Gasteiger partial charge in [0, 0.05) is 0 Å². The summed E-state index contributed by atoms with van der Waals surface area (Å²) in [6.45, 7) is 7.87. The molecule has 1 rings (SSSR count). The Morgan fingerprint density at radius 1 is 1.31 bits per heavy atom. The molecular formula is C11H20N2O2Se. The second kappa shape index (κ2) is 4.65. The van der Waals surface area contributed by atoms with E-state index in [1.54, 1.807) is 7.11 Å². The van der Waals surface area contributed by atoms with Gasteiger partial charge < -0.3 is 0 Å². The molecule has 1 fully saturated rings. The van der Waals surface area contributed by atoms with Gasteiger partial charge in [0.15, 0.2) is 0 Å². The third-order valence-corrected chi connectivity index (χ3v) is 3.60. The van der Waals surface area contributed by atoms with Gasteiger partial charge in [-0.05, 0) is 0 Å². The maximum absolute atomic E-state index is 12.1. The SMILES string of the molecule is COC([Se])=NC1CC(C)(C)N([O])C(C)(C)C1. The van der Waals surface area contributed by atoms with Gasteiger partial charge in [0.25, 0.3) is 0 Å². The van der Waals surface area contributed by atoms with E-state index in [0.29, 0.717) is 4.80 Å². The number of hydrogen-bond donors (Lipinski definition) is 0. The van der Waals surface area contributed by atoms with E-state index in [9.17, 15) is 5.21 Å². The maximum atomic E-state index is 12.1. The molecule has 92 valence electrons. The number of nitrogens with zero attached hydrogens (tertiary/aromatic N) is 2. The van der Waals surface area contributed by atoms with Crippen LogP contribution in [0.15, 0.2) is 4.99 Å². The van der Waals surface area contributed by atoms with Gasteiger partial charge in [-0.25, -0.2) is 0 Å². The summed E-state index contributed by atoms with van der Waals surface area (Å²) in [6.07, 6.45) is 1.52. The van der Waals surface area contributed by atoms with Gasteiger partial charge in [-0.15, -0.1) is 0 Å². The van der Waals surface area contributed by atoms with E-state index in [-0.39, 0.29) is 17.1 Å². The van der Waals surface area contributed by atoms with Crippen LogP contribution in [0.5, 0.6) is 0 Å². The molecule has 1 aliphatic heterocycles. The number of piperidine rings is 1. The third kappa shape index (κ3) is 2.98. The van der Waals surface area contributed by atoms with Crippen LogP contribution in [0.25, 0.3) is 0 Å². The Bertz CT molecular complexity index is 272. The van der Waals surface area contributed by atoms with E-state index in [0.717, 1.165) is 12.8 Å². The Morgan fingerprint density at radius 2 is 1.75 bits per heavy atom. The zero-order chi connectivity index (χ0) is 12.6. The molecule has 0 aromatic carbocycles. The van der Waals surface area contributed by atoms with Crippen molar-refractivity contribution >= 4 is 20.8 Å². The monoisotopic (exact) mass is 292 g/mol. The summed E-state index contributed by atoms with van der Waals surface area (Å²) >= 11 is 2.78. The van der Waals surface area contributed by atoms with Crippen molar-refractivity contribution in [3.63, 3.8) is 0 Å². The van der Waals surface area contributed by atoms with Crippen LogP contribution in [0, 0.1) is 0 Å². The molecule has 0 amide bonds. The van der Waals surface area contributed by atoms with Crippen LogP contribution in [0.1, 0.15) is 40.5 Å². The van der Waals surface area contributed by atoms with Crippen molar-refractivity contribution in [1.82, 2.24) is 5.06 Å². The molecule has 0 aromatic rings. The summed E-state index contributed by atoms with van der Waals surface area (Å²) in [5.41, 5.74) is -0.742. The standard InChI is InChI=1S/C11H20N2O2Se/c1-10(2)6-8(12-9(16)15-5)7-11(3,4)13(10)14/h8H,6-7H2,1-5H3. The average Bonchev–Trinajstić information content (AvgIpc) is 2.13. The third-order valence-electron chi connectivity index (χ3n) is 3.03. The topological polar surface area (TPSA) is 44.7 Å². The summed E-state index contributed by atoms with van der Waals surface area (Å²) in [5.74, 6) is 0. The molecule has 1 saturated heterocycles. The van der Waals surface area contributed by atoms with Crippen molar-refractivity contribution < 1.29 is 9.94 Å². The molecule has 0 aliphatic carbocycles. The van der Waals surface area contributed by atoms with Crippen molar-refractivity contribution in [2.24, 2.45) is 4.99 Å². The molecule has 0 bridgehead atoms. The number of rotatable bonds is 1. The van der Waals surface area contributed by atoms with Gasteiger partial charge in [0.2, 0.25) is 0 Å². The van der Waals surface area contributed by atoms with Gasteiger partial charge in [-0.2, -0.15) is 0 Å². The van der Waals surface area contributed by atoms with Crippen molar-refractivity contribution in [1.29, 1.82) is 0 Å². The van der Waals surface area contributed by atoms with Crippen molar-refractivity contribution in [3.05, 3.63) is 0 Å². The second-order valence-corrected chi connectivity index (χ2v) is 6.31. The Morgan fingerprint density at radius 3 is 2.12 bits per heavy atom. The first kappa shape index (κ1) is 14.0. The molecule has 0 spiro atoms.